The molecule has 2 rings (SSSR count). The molecule has 0 fully saturated rings. The van der Waals surface area contributed by atoms with Gasteiger partial charge in [-0.1, -0.05) is 40.5 Å². The molecule has 0 amide bonds. The van der Waals surface area contributed by atoms with Gasteiger partial charge in [-0.15, -0.1) is 0 Å². The lowest BCUT2D eigenvalue weighted by Gasteiger charge is -2.14. The number of carbonyl (C=O) groups excluding carboxylic acids is 1. The van der Waals surface area contributed by atoms with Gasteiger partial charge in [0.15, 0.2) is 17.1 Å². The second kappa shape index (κ2) is 14.9. The van der Waals surface area contributed by atoms with Crippen molar-refractivity contribution in [2.24, 2.45) is 0 Å². The Morgan fingerprint density at radius 3 is 1.84 bits per heavy atom. The lowest BCUT2D eigenvalue weighted by atomic mass is 10.1. The van der Waals surface area contributed by atoms with Gasteiger partial charge in [0, 0.05) is 6.92 Å². The van der Waals surface area contributed by atoms with E-state index >= 15 is 0 Å². The molecule has 0 bridgehead atoms. The first-order valence-corrected chi connectivity index (χ1v) is 12.7. The Bertz CT molecular complexity index is 1250. The molecule has 200 valence electrons. The highest BCUT2D eigenvalue weighted by Crippen LogP contribution is 2.37. The highest BCUT2D eigenvalue weighted by Gasteiger charge is 2.20. The van der Waals surface area contributed by atoms with E-state index in [4.69, 9.17) is 18.6 Å². The molecular weight excluding hydrogens is 468 g/mol. The van der Waals surface area contributed by atoms with Crippen molar-refractivity contribution < 1.29 is 23.4 Å². The minimum absolute atomic E-state index is 0.00332. The molecule has 1 heterocycles. The van der Waals surface area contributed by atoms with E-state index in [9.17, 15) is 9.59 Å². The number of hydrogen-bond acceptors (Lipinski definition) is 6. The number of ether oxygens (including phenoxy) is 3. The largest absolute Gasteiger partial charge is 0.485 e. The first-order valence-electron chi connectivity index (χ1n) is 12.7. The van der Waals surface area contributed by atoms with E-state index in [0.29, 0.717) is 5.39 Å². The first-order chi connectivity index (χ1) is 17.6. The molecule has 2 aromatic rings. The van der Waals surface area contributed by atoms with Crippen LogP contribution in [0.25, 0.3) is 11.0 Å². The molecule has 0 aliphatic heterocycles. The lowest BCUT2D eigenvalue weighted by Crippen LogP contribution is -2.12. The van der Waals surface area contributed by atoms with Gasteiger partial charge in [-0.2, -0.15) is 0 Å². The number of allylic oxidation sites excluding steroid dienone is 6. The van der Waals surface area contributed by atoms with Crippen LogP contribution in [0.4, 0.5) is 0 Å². The minimum Gasteiger partial charge on any atom is -0.485 e. The second-order valence-corrected chi connectivity index (χ2v) is 9.64. The zero-order chi connectivity index (χ0) is 27.4. The van der Waals surface area contributed by atoms with Gasteiger partial charge in [0.1, 0.15) is 13.2 Å². The third-order valence-corrected chi connectivity index (χ3v) is 5.57. The van der Waals surface area contributed by atoms with E-state index in [1.165, 1.54) is 23.6 Å². The second-order valence-electron chi connectivity index (χ2n) is 9.64. The van der Waals surface area contributed by atoms with Crippen LogP contribution in [0.1, 0.15) is 74.1 Å². The van der Waals surface area contributed by atoms with Gasteiger partial charge in [-0.3, -0.25) is 4.79 Å². The average Bonchev–Trinajstić information content (AvgIpc) is 2.80. The van der Waals surface area contributed by atoms with Crippen molar-refractivity contribution in [3.63, 3.8) is 0 Å². The Balaban J connectivity index is 2.34. The summed E-state index contributed by atoms with van der Waals surface area (Å²) in [5, 5.41) is 0.494. The Morgan fingerprint density at radius 1 is 0.784 bits per heavy atom. The maximum atomic E-state index is 13.0. The summed E-state index contributed by atoms with van der Waals surface area (Å²) < 4.78 is 22.8. The smallest absolute Gasteiger partial charge is 0.383 e. The van der Waals surface area contributed by atoms with Crippen molar-refractivity contribution in [2.75, 3.05) is 13.2 Å². The number of fused-ring (bicyclic) bond motifs is 1. The van der Waals surface area contributed by atoms with Crippen LogP contribution in [0.3, 0.4) is 0 Å². The predicted molar refractivity (Wildman–Crippen MR) is 150 cm³/mol. The van der Waals surface area contributed by atoms with E-state index in [1.807, 2.05) is 19.1 Å². The van der Waals surface area contributed by atoms with Crippen molar-refractivity contribution in [1.82, 2.24) is 0 Å². The molecule has 1 aromatic heterocycles. The average molecular weight is 509 g/mol. The molecule has 0 N–H and O–H groups in total. The number of para-hydroxylation sites is 1. The third kappa shape index (κ3) is 10.2. The van der Waals surface area contributed by atoms with Gasteiger partial charge < -0.3 is 18.6 Å². The van der Waals surface area contributed by atoms with Crippen LogP contribution in [-0.2, 0) is 4.79 Å². The summed E-state index contributed by atoms with van der Waals surface area (Å²) >= 11 is 0. The first kappa shape index (κ1) is 29.7. The predicted octanol–water partition coefficient (Wildman–Crippen LogP) is 7.86. The van der Waals surface area contributed by atoms with Crippen LogP contribution in [-0.4, -0.2) is 19.2 Å². The number of benzene rings is 1. The number of hydrogen-bond donors (Lipinski definition) is 0. The van der Waals surface area contributed by atoms with Gasteiger partial charge in [0.2, 0.25) is 5.75 Å². The quantitative estimate of drug-likeness (QED) is 0.119. The molecule has 0 unspecified atom stereocenters. The van der Waals surface area contributed by atoms with Gasteiger partial charge in [0.25, 0.3) is 0 Å². The number of carbonyl (C=O) groups is 1. The van der Waals surface area contributed by atoms with Crippen molar-refractivity contribution in [3.05, 3.63) is 75.2 Å². The van der Waals surface area contributed by atoms with Crippen LogP contribution in [0.5, 0.6) is 17.2 Å². The Kier molecular flexibility index (Phi) is 11.9. The van der Waals surface area contributed by atoms with Crippen molar-refractivity contribution >= 4 is 16.9 Å². The van der Waals surface area contributed by atoms with Gasteiger partial charge in [-0.05, 0) is 91.5 Å². The maximum Gasteiger partial charge on any atom is 0.383 e. The fourth-order valence-corrected chi connectivity index (χ4v) is 3.57. The molecule has 0 saturated carbocycles. The van der Waals surface area contributed by atoms with Gasteiger partial charge >= 0.3 is 11.6 Å². The number of rotatable bonds is 13. The number of esters is 1. The van der Waals surface area contributed by atoms with Crippen LogP contribution in [0, 0.1) is 0 Å². The zero-order valence-corrected chi connectivity index (χ0v) is 23.2. The van der Waals surface area contributed by atoms with Gasteiger partial charge in [0.05, 0.1) is 5.39 Å². The van der Waals surface area contributed by atoms with E-state index in [1.54, 1.807) is 18.2 Å². The van der Waals surface area contributed by atoms with Crippen molar-refractivity contribution in [2.45, 2.75) is 74.1 Å². The van der Waals surface area contributed by atoms with Crippen molar-refractivity contribution in [1.29, 1.82) is 0 Å². The molecule has 0 spiro atoms. The zero-order valence-electron chi connectivity index (χ0n) is 23.2. The fourth-order valence-electron chi connectivity index (χ4n) is 3.57. The molecule has 0 radical (unpaired) electrons. The summed E-state index contributed by atoms with van der Waals surface area (Å²) in [5.74, 6) is -0.0934. The summed E-state index contributed by atoms with van der Waals surface area (Å²) in [5.41, 5.74) is 4.37. The molecule has 1 aromatic carbocycles. The molecule has 0 aliphatic carbocycles. The summed E-state index contributed by atoms with van der Waals surface area (Å²) in [6.45, 7) is 14.2. The third-order valence-electron chi connectivity index (χ3n) is 5.57. The summed E-state index contributed by atoms with van der Waals surface area (Å²) in [7, 11) is 0. The Hall–Kier alpha value is -3.54. The summed E-state index contributed by atoms with van der Waals surface area (Å²) in [6, 6.07) is 5.03. The molecule has 0 saturated heterocycles. The normalized spacial score (nSPS) is 11.8. The highest BCUT2D eigenvalue weighted by molar-refractivity contribution is 5.91. The molecule has 0 atom stereocenters. The highest BCUT2D eigenvalue weighted by atomic mass is 16.5. The molecule has 6 nitrogen and oxygen atoms in total. The van der Waals surface area contributed by atoms with Crippen LogP contribution in [0.2, 0.25) is 0 Å². The molecule has 37 heavy (non-hydrogen) atoms. The van der Waals surface area contributed by atoms with E-state index in [0.717, 1.165) is 31.3 Å². The van der Waals surface area contributed by atoms with Crippen LogP contribution < -0.4 is 19.8 Å². The molecule has 0 aliphatic rings. The topological polar surface area (TPSA) is 75.0 Å². The fraction of sp³-hybridized carbons (Fsp3) is 0.419. The maximum absolute atomic E-state index is 13.0. The summed E-state index contributed by atoms with van der Waals surface area (Å²) in [6.07, 6.45) is 12.1. The van der Waals surface area contributed by atoms with Crippen molar-refractivity contribution in [3.8, 4) is 17.2 Å². The summed E-state index contributed by atoms with van der Waals surface area (Å²) in [4.78, 5) is 24.5. The van der Waals surface area contributed by atoms with E-state index in [-0.39, 0.29) is 36.0 Å². The SMILES string of the molecule is CC(=O)Oc1cccc2c(OC/C=C(\C)CCC=C(C)C)c(OC/C=C(\C)CCC=C(C)C)c(=O)oc12. The van der Waals surface area contributed by atoms with Gasteiger partial charge in [-0.25, -0.2) is 4.79 Å². The van der Waals surface area contributed by atoms with Crippen LogP contribution in [0.15, 0.2) is 74.0 Å². The monoisotopic (exact) mass is 508 g/mol. The molecule has 6 heteroatoms. The van der Waals surface area contributed by atoms with E-state index < -0.39 is 11.6 Å². The lowest BCUT2D eigenvalue weighted by molar-refractivity contribution is -0.131. The standard InChI is InChI=1S/C31H40O6/c1-21(2)11-8-13-23(5)17-19-34-29-26-15-10-16-27(36-25(7)32)28(26)37-31(33)30(29)35-20-18-24(6)14-9-12-22(3)4/h10-12,15-18H,8-9,13-14,19-20H2,1-7H3/b23-17+,24-18+. The Labute approximate surface area is 220 Å². The van der Waals surface area contributed by atoms with E-state index in [2.05, 4.69) is 46.8 Å². The van der Waals surface area contributed by atoms with Crippen LogP contribution >= 0.6 is 0 Å². The minimum atomic E-state index is -0.693. The Morgan fingerprint density at radius 2 is 1.32 bits per heavy atom. The molecular formula is C31H40O6.